The van der Waals surface area contributed by atoms with Gasteiger partial charge in [-0.25, -0.2) is 0 Å². The largest absolute Gasteiger partial charge is 0.480 e. The van der Waals surface area contributed by atoms with E-state index in [2.05, 4.69) is 0 Å². The van der Waals surface area contributed by atoms with Gasteiger partial charge in [0.25, 0.3) is 0 Å². The van der Waals surface area contributed by atoms with Crippen molar-refractivity contribution in [2.45, 2.75) is 10.1 Å². The molecule has 0 aliphatic carbocycles. The maximum atomic E-state index is 11.8. The molecule has 4 nitrogen and oxygen atoms in total. The summed E-state index contributed by atoms with van der Waals surface area (Å²) < 4.78 is 11.8. The lowest BCUT2D eigenvalue weighted by Gasteiger charge is -2.10. The molecule has 0 amide bonds. The number of carboxylic acids is 1. The highest BCUT2D eigenvalue weighted by Gasteiger charge is 2.24. The summed E-state index contributed by atoms with van der Waals surface area (Å²) >= 11 is 11.4. The van der Waals surface area contributed by atoms with Gasteiger partial charge in [0, 0.05) is 11.4 Å². The number of hydrogen-bond acceptors (Lipinski definition) is 3. The molecule has 88 valence electrons. The second-order valence-electron chi connectivity index (χ2n) is 2.94. The van der Waals surface area contributed by atoms with Crippen LogP contribution in [-0.2, 0) is 15.6 Å². The molecule has 2 unspecified atom stereocenters. The molecule has 7 heteroatoms. The first-order valence-electron chi connectivity index (χ1n) is 4.26. The molecular weight excluding hydrogens is 273 g/mol. The van der Waals surface area contributed by atoms with Crippen LogP contribution in [-0.4, -0.2) is 27.1 Å². The Hall–Kier alpha value is -0.620. The second-order valence-corrected chi connectivity index (χ2v) is 5.39. The molecule has 0 fully saturated rings. The fourth-order valence-corrected chi connectivity index (χ4v) is 2.53. The molecule has 0 radical (unpaired) electrons. The van der Waals surface area contributed by atoms with E-state index in [9.17, 15) is 9.00 Å². The third-order valence-corrected chi connectivity index (χ3v) is 4.24. The highest BCUT2D eigenvalue weighted by atomic mass is 35.5. The van der Waals surface area contributed by atoms with Gasteiger partial charge in [-0.15, -0.1) is 0 Å². The van der Waals surface area contributed by atoms with Crippen LogP contribution in [0.2, 0.25) is 10.0 Å². The highest BCUT2D eigenvalue weighted by molar-refractivity contribution is 7.86. The molecule has 2 atom stereocenters. The molecule has 0 saturated heterocycles. The Morgan fingerprint density at radius 1 is 1.44 bits per heavy atom. The Kier molecular flexibility index (Phi) is 4.73. The van der Waals surface area contributed by atoms with E-state index < -0.39 is 22.0 Å². The zero-order chi connectivity index (χ0) is 12.3. The third-order valence-electron chi connectivity index (χ3n) is 1.87. The first kappa shape index (κ1) is 13.4. The average Bonchev–Trinajstić information content (AvgIpc) is 2.22. The smallest absolute Gasteiger partial charge is 0.320 e. The van der Waals surface area contributed by atoms with Crippen LogP contribution in [0, 0.1) is 0 Å². The van der Waals surface area contributed by atoms with E-state index in [1.165, 1.54) is 18.2 Å². The van der Waals surface area contributed by atoms with Crippen LogP contribution in [0.15, 0.2) is 23.1 Å². The molecule has 0 aromatic heterocycles. The summed E-state index contributed by atoms with van der Waals surface area (Å²) in [5.74, 6) is -1.20. The standard InChI is InChI=1S/C9H9Cl2NO3S/c10-6-2-1-5(3-7(6)11)16(15)8(4-12)9(13)14/h1-3,8H,4,12H2,(H,13,14). The number of rotatable bonds is 4. The van der Waals surface area contributed by atoms with Crippen LogP contribution in [0.1, 0.15) is 0 Å². The Balaban J connectivity index is 3.04. The van der Waals surface area contributed by atoms with Crippen LogP contribution in [0.25, 0.3) is 0 Å². The fourth-order valence-electron chi connectivity index (χ4n) is 1.05. The lowest BCUT2D eigenvalue weighted by Crippen LogP contribution is -2.33. The summed E-state index contributed by atoms with van der Waals surface area (Å²) in [6.07, 6.45) is 0. The van der Waals surface area contributed by atoms with Gasteiger partial charge in [0.05, 0.1) is 20.8 Å². The van der Waals surface area contributed by atoms with Crippen molar-refractivity contribution in [1.82, 2.24) is 0 Å². The topological polar surface area (TPSA) is 80.4 Å². The van der Waals surface area contributed by atoms with Gasteiger partial charge in [0.1, 0.15) is 5.25 Å². The first-order chi connectivity index (χ1) is 7.47. The van der Waals surface area contributed by atoms with Crippen molar-refractivity contribution in [3.63, 3.8) is 0 Å². The Bertz CT molecular complexity index is 439. The molecule has 0 bridgehead atoms. The molecule has 0 aliphatic heterocycles. The quantitative estimate of drug-likeness (QED) is 0.877. The van der Waals surface area contributed by atoms with E-state index in [1.807, 2.05) is 0 Å². The molecule has 0 saturated carbocycles. The minimum absolute atomic E-state index is 0.206. The number of carboxylic acid groups (broad SMARTS) is 1. The summed E-state index contributed by atoms with van der Waals surface area (Å²) in [5.41, 5.74) is 5.25. The van der Waals surface area contributed by atoms with Gasteiger partial charge in [-0.3, -0.25) is 9.00 Å². The monoisotopic (exact) mass is 281 g/mol. The lowest BCUT2D eigenvalue weighted by molar-refractivity contribution is -0.136. The Labute approximate surface area is 105 Å². The lowest BCUT2D eigenvalue weighted by atomic mass is 10.4. The average molecular weight is 282 g/mol. The summed E-state index contributed by atoms with van der Waals surface area (Å²) in [7, 11) is -1.74. The molecule has 3 N–H and O–H groups in total. The van der Waals surface area contributed by atoms with Gasteiger partial charge in [0.2, 0.25) is 0 Å². The van der Waals surface area contributed by atoms with Crippen LogP contribution in [0.3, 0.4) is 0 Å². The Morgan fingerprint density at radius 3 is 2.50 bits per heavy atom. The van der Waals surface area contributed by atoms with Crippen molar-refractivity contribution in [3.8, 4) is 0 Å². The van der Waals surface area contributed by atoms with Crippen molar-refractivity contribution in [2.75, 3.05) is 6.54 Å². The summed E-state index contributed by atoms with van der Waals surface area (Å²) in [4.78, 5) is 11.1. The van der Waals surface area contributed by atoms with Gasteiger partial charge in [-0.2, -0.15) is 0 Å². The zero-order valence-electron chi connectivity index (χ0n) is 8.02. The van der Waals surface area contributed by atoms with E-state index in [0.29, 0.717) is 9.92 Å². The molecule has 0 spiro atoms. The molecule has 16 heavy (non-hydrogen) atoms. The number of aliphatic carboxylic acids is 1. The van der Waals surface area contributed by atoms with Crippen LogP contribution in [0.4, 0.5) is 0 Å². The normalized spacial score (nSPS) is 14.4. The molecule has 1 aromatic carbocycles. The molecule has 1 rings (SSSR count). The van der Waals surface area contributed by atoms with E-state index in [0.717, 1.165) is 0 Å². The predicted octanol–water partition coefficient (Wildman–Crippen LogP) is 1.51. The maximum Gasteiger partial charge on any atom is 0.320 e. The zero-order valence-corrected chi connectivity index (χ0v) is 10.4. The van der Waals surface area contributed by atoms with Crippen molar-refractivity contribution < 1.29 is 14.1 Å². The van der Waals surface area contributed by atoms with E-state index in [4.69, 9.17) is 34.0 Å². The SMILES string of the molecule is NCC(C(=O)O)S(=O)c1ccc(Cl)c(Cl)c1. The summed E-state index contributed by atoms with van der Waals surface area (Å²) in [5, 5.41) is 8.21. The second kappa shape index (κ2) is 5.63. The predicted molar refractivity (Wildman–Crippen MR) is 63.3 cm³/mol. The van der Waals surface area contributed by atoms with Gasteiger partial charge >= 0.3 is 5.97 Å². The van der Waals surface area contributed by atoms with Crippen molar-refractivity contribution in [3.05, 3.63) is 28.2 Å². The number of hydrogen-bond donors (Lipinski definition) is 2. The van der Waals surface area contributed by atoms with E-state index in [-0.39, 0.29) is 11.6 Å². The Morgan fingerprint density at radius 2 is 2.06 bits per heavy atom. The van der Waals surface area contributed by atoms with Crippen molar-refractivity contribution in [1.29, 1.82) is 0 Å². The minimum atomic E-state index is -1.74. The summed E-state index contributed by atoms with van der Waals surface area (Å²) in [6.45, 7) is -0.206. The number of benzene rings is 1. The van der Waals surface area contributed by atoms with Gasteiger partial charge in [0.15, 0.2) is 0 Å². The summed E-state index contributed by atoms with van der Waals surface area (Å²) in [6, 6.07) is 4.31. The molecule has 1 aromatic rings. The number of carbonyl (C=O) groups is 1. The van der Waals surface area contributed by atoms with Crippen molar-refractivity contribution in [2.24, 2.45) is 5.73 Å². The van der Waals surface area contributed by atoms with Crippen molar-refractivity contribution >= 4 is 40.0 Å². The third kappa shape index (κ3) is 2.95. The maximum absolute atomic E-state index is 11.8. The van der Waals surface area contributed by atoms with E-state index >= 15 is 0 Å². The minimum Gasteiger partial charge on any atom is -0.480 e. The van der Waals surface area contributed by atoms with Gasteiger partial charge < -0.3 is 10.8 Å². The number of nitrogens with two attached hydrogens (primary N) is 1. The molecule has 0 heterocycles. The molecule has 0 aliphatic rings. The van der Waals surface area contributed by atoms with E-state index in [1.54, 1.807) is 0 Å². The number of halogens is 2. The molecular formula is C9H9Cl2NO3S. The van der Waals surface area contributed by atoms with Crippen LogP contribution >= 0.6 is 23.2 Å². The first-order valence-corrected chi connectivity index (χ1v) is 6.22. The van der Waals surface area contributed by atoms with Crippen LogP contribution in [0.5, 0.6) is 0 Å². The highest BCUT2D eigenvalue weighted by Crippen LogP contribution is 2.25. The van der Waals surface area contributed by atoms with Gasteiger partial charge in [-0.1, -0.05) is 23.2 Å². The van der Waals surface area contributed by atoms with Gasteiger partial charge in [-0.05, 0) is 18.2 Å². The fraction of sp³-hybridized carbons (Fsp3) is 0.222. The van der Waals surface area contributed by atoms with Crippen LogP contribution < -0.4 is 5.73 Å².